The van der Waals surface area contributed by atoms with Crippen molar-refractivity contribution in [1.29, 1.82) is 0 Å². The van der Waals surface area contributed by atoms with E-state index in [1.807, 2.05) is 0 Å². The highest BCUT2D eigenvalue weighted by atomic mass is 16.6. The summed E-state index contributed by atoms with van der Waals surface area (Å²) in [5.74, 6) is -0.501. The van der Waals surface area contributed by atoms with E-state index in [1.54, 1.807) is 18.1 Å². The zero-order chi connectivity index (χ0) is 20.7. The summed E-state index contributed by atoms with van der Waals surface area (Å²) in [7, 11) is 0. The molecule has 0 radical (unpaired) electrons. The van der Waals surface area contributed by atoms with Gasteiger partial charge in [0.2, 0.25) is 5.71 Å². The second-order valence-electron chi connectivity index (χ2n) is 6.16. The summed E-state index contributed by atoms with van der Waals surface area (Å²) in [4.78, 5) is 48.6. The number of carbonyl (C=O) groups excluding carboxylic acids is 2. The summed E-state index contributed by atoms with van der Waals surface area (Å²) < 4.78 is 5.74. The number of non-ortho nitro benzene ring substituents is 1. The van der Waals surface area contributed by atoms with Crippen LogP contribution in [0.5, 0.6) is 0 Å². The lowest BCUT2D eigenvalue weighted by Gasteiger charge is -2.27. The molecule has 0 spiro atoms. The monoisotopic (exact) mass is 390 g/mol. The fourth-order valence-corrected chi connectivity index (χ4v) is 2.65. The number of ether oxygens (including phenoxy) is 1. The summed E-state index contributed by atoms with van der Waals surface area (Å²) in [5.41, 5.74) is 0.218. The van der Waals surface area contributed by atoms with Crippen molar-refractivity contribution < 1.29 is 34.0 Å². The minimum Gasteiger partial charge on any atom is -0.476 e. The number of hydrogen-bond donors (Lipinski definition) is 1. The molecule has 1 N–H and O–H groups in total. The SMILES string of the molecule is CC(=O)C(=NO[C@H]1CC[C@H](OCc2ccc([N+](=O)[O-])cc2)CC1=C=O)C(=O)O. The Morgan fingerprint density at radius 3 is 2.54 bits per heavy atom. The Morgan fingerprint density at radius 1 is 1.32 bits per heavy atom. The molecule has 148 valence electrons. The minimum absolute atomic E-state index is 0.0144. The van der Waals surface area contributed by atoms with E-state index < -0.39 is 28.5 Å². The van der Waals surface area contributed by atoms with Crippen molar-refractivity contribution in [3.05, 3.63) is 45.5 Å². The van der Waals surface area contributed by atoms with Gasteiger partial charge in [0.15, 0.2) is 11.9 Å². The molecule has 0 aliphatic heterocycles. The van der Waals surface area contributed by atoms with Gasteiger partial charge in [-0.2, -0.15) is 0 Å². The normalized spacial score (nSPS) is 19.6. The molecular weight excluding hydrogens is 372 g/mol. The van der Waals surface area contributed by atoms with Gasteiger partial charge in [0, 0.05) is 25.5 Å². The molecule has 1 fully saturated rings. The van der Waals surface area contributed by atoms with Crippen LogP contribution in [-0.2, 0) is 30.6 Å². The van der Waals surface area contributed by atoms with E-state index in [1.165, 1.54) is 12.1 Å². The molecule has 10 heteroatoms. The Balaban J connectivity index is 1.92. The van der Waals surface area contributed by atoms with Crippen LogP contribution in [0.25, 0.3) is 0 Å². The number of nitrogens with zero attached hydrogens (tertiary/aromatic N) is 2. The van der Waals surface area contributed by atoms with Crippen LogP contribution in [0, 0.1) is 10.1 Å². The summed E-state index contributed by atoms with van der Waals surface area (Å²) in [5, 5.41) is 22.9. The van der Waals surface area contributed by atoms with Crippen LogP contribution in [0.1, 0.15) is 31.7 Å². The molecule has 0 unspecified atom stereocenters. The highest BCUT2D eigenvalue weighted by molar-refractivity contribution is 6.63. The molecule has 10 nitrogen and oxygen atoms in total. The van der Waals surface area contributed by atoms with Gasteiger partial charge in [0.1, 0.15) is 5.94 Å². The van der Waals surface area contributed by atoms with Crippen LogP contribution in [0.3, 0.4) is 0 Å². The van der Waals surface area contributed by atoms with Gasteiger partial charge in [-0.1, -0.05) is 5.16 Å². The zero-order valence-electron chi connectivity index (χ0n) is 15.0. The number of rotatable bonds is 8. The average Bonchev–Trinajstić information content (AvgIpc) is 2.66. The van der Waals surface area contributed by atoms with E-state index in [0.29, 0.717) is 12.8 Å². The molecular formula is C18H18N2O8. The number of Topliss-reactive ketones (excluding diaryl/α,β-unsaturated/α-hetero) is 1. The van der Waals surface area contributed by atoms with E-state index in [9.17, 15) is 24.5 Å². The van der Waals surface area contributed by atoms with Crippen LogP contribution in [0.4, 0.5) is 5.69 Å². The topological polar surface area (TPSA) is 145 Å². The van der Waals surface area contributed by atoms with E-state index in [2.05, 4.69) is 5.16 Å². The Bertz CT molecular complexity index is 824. The maximum Gasteiger partial charge on any atom is 0.361 e. The van der Waals surface area contributed by atoms with E-state index >= 15 is 0 Å². The highest BCUT2D eigenvalue weighted by Gasteiger charge is 2.29. The lowest BCUT2D eigenvalue weighted by Crippen LogP contribution is -2.29. The van der Waals surface area contributed by atoms with Crippen LogP contribution in [0.15, 0.2) is 35.0 Å². The molecule has 1 aliphatic carbocycles. The molecule has 1 aliphatic rings. The Hall–Kier alpha value is -3.36. The number of ketones is 1. The van der Waals surface area contributed by atoms with Gasteiger partial charge in [0.25, 0.3) is 5.69 Å². The van der Waals surface area contributed by atoms with Crippen LogP contribution >= 0.6 is 0 Å². The standard InChI is InChI=1S/C18H18N2O8/c1-11(22)17(18(23)24)19-28-16-7-6-15(8-13(16)9-21)27-10-12-2-4-14(5-3-12)20(25)26/h2-5,15-16H,6-8,10H2,1H3,(H,23,24)/t15-,16-/m0/s1. The third-order valence-electron chi connectivity index (χ3n) is 4.16. The first kappa shape index (κ1) is 20.9. The first-order valence-electron chi connectivity index (χ1n) is 8.38. The van der Waals surface area contributed by atoms with Crippen molar-refractivity contribution in [2.24, 2.45) is 5.16 Å². The third kappa shape index (κ3) is 5.57. The number of benzene rings is 1. The van der Waals surface area contributed by atoms with Crippen molar-refractivity contribution in [3.8, 4) is 0 Å². The van der Waals surface area contributed by atoms with Gasteiger partial charge >= 0.3 is 5.97 Å². The first-order chi connectivity index (χ1) is 13.3. The Morgan fingerprint density at radius 2 is 2.00 bits per heavy atom. The van der Waals surface area contributed by atoms with Gasteiger partial charge in [-0.15, -0.1) is 0 Å². The minimum atomic E-state index is -1.51. The second-order valence-corrected chi connectivity index (χ2v) is 6.16. The number of carbonyl (C=O) groups is 2. The Labute approximate surface area is 159 Å². The van der Waals surface area contributed by atoms with Crippen molar-refractivity contribution in [3.63, 3.8) is 0 Å². The lowest BCUT2D eigenvalue weighted by molar-refractivity contribution is -0.384. The fraction of sp³-hybridized carbons (Fsp3) is 0.389. The predicted molar refractivity (Wildman–Crippen MR) is 95.4 cm³/mol. The smallest absolute Gasteiger partial charge is 0.361 e. The van der Waals surface area contributed by atoms with Crippen molar-refractivity contribution in [1.82, 2.24) is 0 Å². The fourth-order valence-electron chi connectivity index (χ4n) is 2.65. The van der Waals surface area contributed by atoms with Gasteiger partial charge < -0.3 is 14.7 Å². The number of nitro groups is 1. The van der Waals surface area contributed by atoms with Gasteiger partial charge in [-0.25, -0.2) is 9.59 Å². The Kier molecular flexibility index (Phi) is 7.14. The molecule has 2 atom stereocenters. The second kappa shape index (κ2) is 9.54. The number of carboxylic acids is 1. The number of hydrogen-bond acceptors (Lipinski definition) is 8. The number of nitro benzene ring substituents is 1. The summed E-state index contributed by atoms with van der Waals surface area (Å²) >= 11 is 0. The molecule has 28 heavy (non-hydrogen) atoms. The van der Waals surface area contributed by atoms with E-state index in [0.717, 1.165) is 12.5 Å². The zero-order valence-corrected chi connectivity index (χ0v) is 15.0. The quantitative estimate of drug-likeness (QED) is 0.233. The maximum absolute atomic E-state index is 11.2. The lowest BCUT2D eigenvalue weighted by atomic mass is 9.91. The molecule has 1 aromatic rings. The molecule has 1 aromatic carbocycles. The molecule has 2 rings (SSSR count). The predicted octanol–water partition coefficient (Wildman–Crippen LogP) is 1.84. The number of oxime groups is 1. The molecule has 0 heterocycles. The van der Waals surface area contributed by atoms with Gasteiger partial charge in [-0.05, 0) is 30.5 Å². The number of aliphatic carboxylic acids is 1. The molecule has 0 aromatic heterocycles. The summed E-state index contributed by atoms with van der Waals surface area (Å²) in [6, 6.07) is 5.95. The van der Waals surface area contributed by atoms with Crippen LogP contribution in [0.2, 0.25) is 0 Å². The number of carboxylic acid groups (broad SMARTS) is 1. The van der Waals surface area contributed by atoms with Crippen molar-refractivity contribution >= 4 is 29.1 Å². The van der Waals surface area contributed by atoms with Gasteiger partial charge in [0.05, 0.1) is 23.2 Å². The maximum atomic E-state index is 11.2. The van der Waals surface area contributed by atoms with Crippen molar-refractivity contribution in [2.45, 2.75) is 45.0 Å². The van der Waals surface area contributed by atoms with Crippen LogP contribution < -0.4 is 0 Å². The molecule has 1 saturated carbocycles. The highest BCUT2D eigenvalue weighted by Crippen LogP contribution is 2.28. The molecule has 0 saturated heterocycles. The average molecular weight is 390 g/mol. The van der Waals surface area contributed by atoms with Crippen molar-refractivity contribution in [2.75, 3.05) is 0 Å². The van der Waals surface area contributed by atoms with Crippen LogP contribution in [-0.4, -0.2) is 45.6 Å². The largest absolute Gasteiger partial charge is 0.476 e. The summed E-state index contributed by atoms with van der Waals surface area (Å²) in [6.07, 6.45) is 0.0108. The first-order valence-corrected chi connectivity index (χ1v) is 8.38. The molecule has 0 bridgehead atoms. The van der Waals surface area contributed by atoms with E-state index in [-0.39, 0.29) is 30.4 Å². The molecule has 0 amide bonds. The van der Waals surface area contributed by atoms with E-state index in [4.69, 9.17) is 14.7 Å². The van der Waals surface area contributed by atoms with Gasteiger partial charge in [-0.3, -0.25) is 14.9 Å². The summed E-state index contributed by atoms with van der Waals surface area (Å²) in [6.45, 7) is 1.27. The third-order valence-corrected chi connectivity index (χ3v) is 4.16.